The molecule has 5 heteroatoms. The number of rotatable bonds is 13. The summed E-state index contributed by atoms with van der Waals surface area (Å²) >= 11 is 0. The molecule has 0 N–H and O–H groups in total. The van der Waals surface area contributed by atoms with Gasteiger partial charge in [-0.3, -0.25) is 9.59 Å². The SMILES string of the molecule is CCCCCCC(=O)N(CC(=O)N(CCc1ccccc1)Cc1ccco1)C(C)C. The lowest BCUT2D eigenvalue weighted by Gasteiger charge is -2.30. The van der Waals surface area contributed by atoms with Gasteiger partial charge in [0.05, 0.1) is 19.4 Å². The van der Waals surface area contributed by atoms with E-state index in [0.29, 0.717) is 19.5 Å². The summed E-state index contributed by atoms with van der Waals surface area (Å²) in [5, 5.41) is 0. The fraction of sp³-hybridized carbons (Fsp3) is 0.520. The summed E-state index contributed by atoms with van der Waals surface area (Å²) in [7, 11) is 0. The van der Waals surface area contributed by atoms with E-state index in [1.165, 1.54) is 5.56 Å². The minimum atomic E-state index is -0.0436. The second-order valence-corrected chi connectivity index (χ2v) is 8.06. The van der Waals surface area contributed by atoms with E-state index in [0.717, 1.165) is 37.9 Å². The average Bonchev–Trinajstić information content (AvgIpc) is 3.26. The Kier molecular flexibility index (Phi) is 10.2. The van der Waals surface area contributed by atoms with E-state index in [2.05, 4.69) is 19.1 Å². The van der Waals surface area contributed by atoms with Gasteiger partial charge in [0.25, 0.3) is 0 Å². The van der Waals surface area contributed by atoms with Crippen LogP contribution in [0.25, 0.3) is 0 Å². The first-order valence-corrected chi connectivity index (χ1v) is 11.1. The van der Waals surface area contributed by atoms with Crippen molar-refractivity contribution in [3.8, 4) is 0 Å². The van der Waals surface area contributed by atoms with Crippen molar-refractivity contribution in [3.05, 3.63) is 60.1 Å². The summed E-state index contributed by atoms with van der Waals surface area (Å²) in [6.45, 7) is 7.20. The van der Waals surface area contributed by atoms with E-state index in [1.807, 2.05) is 44.2 Å². The summed E-state index contributed by atoms with van der Waals surface area (Å²) in [6.07, 6.45) is 7.12. The summed E-state index contributed by atoms with van der Waals surface area (Å²) in [5.41, 5.74) is 1.18. The number of nitrogens with zero attached hydrogens (tertiary/aromatic N) is 2. The highest BCUT2D eigenvalue weighted by Gasteiger charge is 2.23. The molecule has 0 unspecified atom stereocenters. The normalized spacial score (nSPS) is 10.9. The van der Waals surface area contributed by atoms with Gasteiger partial charge in [-0.2, -0.15) is 0 Å². The maximum atomic E-state index is 13.2. The van der Waals surface area contributed by atoms with Gasteiger partial charge in [-0.05, 0) is 44.4 Å². The largest absolute Gasteiger partial charge is 0.467 e. The lowest BCUT2D eigenvalue weighted by molar-refractivity contribution is -0.142. The van der Waals surface area contributed by atoms with Crippen LogP contribution < -0.4 is 0 Å². The molecule has 30 heavy (non-hydrogen) atoms. The fourth-order valence-corrected chi connectivity index (χ4v) is 3.44. The maximum Gasteiger partial charge on any atom is 0.242 e. The molecule has 1 aromatic carbocycles. The van der Waals surface area contributed by atoms with Crippen molar-refractivity contribution < 1.29 is 14.0 Å². The molecule has 0 radical (unpaired) electrons. The molecular formula is C25H36N2O3. The number of furan rings is 1. The first-order valence-electron chi connectivity index (χ1n) is 11.1. The molecular weight excluding hydrogens is 376 g/mol. The van der Waals surface area contributed by atoms with Gasteiger partial charge in [0.15, 0.2) is 0 Å². The summed E-state index contributed by atoms with van der Waals surface area (Å²) in [5.74, 6) is 0.770. The number of carbonyl (C=O) groups excluding carboxylic acids is 2. The zero-order chi connectivity index (χ0) is 21.8. The van der Waals surface area contributed by atoms with Gasteiger partial charge in [-0.25, -0.2) is 0 Å². The van der Waals surface area contributed by atoms with Gasteiger partial charge in [0, 0.05) is 19.0 Å². The number of benzene rings is 1. The molecule has 0 aliphatic carbocycles. The van der Waals surface area contributed by atoms with E-state index < -0.39 is 0 Å². The highest BCUT2D eigenvalue weighted by Crippen LogP contribution is 2.12. The average molecular weight is 413 g/mol. The van der Waals surface area contributed by atoms with Crippen LogP contribution >= 0.6 is 0 Å². The number of unbranched alkanes of at least 4 members (excludes halogenated alkanes) is 3. The summed E-state index contributed by atoms with van der Waals surface area (Å²) in [4.78, 5) is 29.4. The van der Waals surface area contributed by atoms with Gasteiger partial charge in [-0.15, -0.1) is 0 Å². The number of hydrogen-bond acceptors (Lipinski definition) is 3. The van der Waals surface area contributed by atoms with Crippen molar-refractivity contribution >= 4 is 11.8 Å². The van der Waals surface area contributed by atoms with Crippen LogP contribution in [0.2, 0.25) is 0 Å². The van der Waals surface area contributed by atoms with Crippen molar-refractivity contribution in [2.75, 3.05) is 13.1 Å². The van der Waals surface area contributed by atoms with Gasteiger partial charge >= 0.3 is 0 Å². The summed E-state index contributed by atoms with van der Waals surface area (Å²) in [6, 6.07) is 13.8. The predicted octanol–water partition coefficient (Wildman–Crippen LogP) is 5.06. The number of amides is 2. The Bertz CT molecular complexity index is 741. The van der Waals surface area contributed by atoms with E-state index in [4.69, 9.17) is 4.42 Å². The monoisotopic (exact) mass is 412 g/mol. The minimum Gasteiger partial charge on any atom is -0.467 e. The molecule has 2 amide bonds. The molecule has 5 nitrogen and oxygen atoms in total. The van der Waals surface area contributed by atoms with Crippen LogP contribution in [0.3, 0.4) is 0 Å². The van der Waals surface area contributed by atoms with Gasteiger partial charge in [-0.1, -0.05) is 56.5 Å². The van der Waals surface area contributed by atoms with Crippen molar-refractivity contribution in [2.24, 2.45) is 0 Å². The second kappa shape index (κ2) is 12.9. The van der Waals surface area contributed by atoms with Crippen molar-refractivity contribution in [1.82, 2.24) is 9.80 Å². The predicted molar refractivity (Wildman–Crippen MR) is 120 cm³/mol. The Morgan fingerprint density at radius 3 is 2.37 bits per heavy atom. The molecule has 0 saturated carbocycles. The highest BCUT2D eigenvalue weighted by molar-refractivity contribution is 5.85. The van der Waals surface area contributed by atoms with E-state index in [-0.39, 0.29) is 24.4 Å². The van der Waals surface area contributed by atoms with Crippen molar-refractivity contribution in [1.29, 1.82) is 0 Å². The van der Waals surface area contributed by atoms with E-state index >= 15 is 0 Å². The van der Waals surface area contributed by atoms with Crippen LogP contribution in [0.1, 0.15) is 64.2 Å². The number of hydrogen-bond donors (Lipinski definition) is 0. The standard InChI is InChI=1S/C25H36N2O3/c1-4-5-6-10-15-24(28)27(21(2)3)20-25(29)26(19-23-14-11-18-30-23)17-16-22-12-8-7-9-13-22/h7-9,11-14,18,21H,4-6,10,15-17,19-20H2,1-3H3. The highest BCUT2D eigenvalue weighted by atomic mass is 16.3. The maximum absolute atomic E-state index is 13.2. The lowest BCUT2D eigenvalue weighted by Crippen LogP contribution is -2.46. The molecule has 0 saturated heterocycles. The molecule has 164 valence electrons. The Morgan fingerprint density at radius 1 is 0.967 bits per heavy atom. The molecule has 0 spiro atoms. The smallest absolute Gasteiger partial charge is 0.242 e. The Hall–Kier alpha value is -2.56. The van der Waals surface area contributed by atoms with Gasteiger partial charge in [0.2, 0.25) is 11.8 Å². The summed E-state index contributed by atoms with van der Waals surface area (Å²) < 4.78 is 5.47. The third kappa shape index (κ3) is 8.05. The second-order valence-electron chi connectivity index (χ2n) is 8.06. The Morgan fingerprint density at radius 2 is 1.73 bits per heavy atom. The van der Waals surface area contributed by atoms with Crippen LogP contribution in [-0.2, 0) is 22.6 Å². The molecule has 0 atom stereocenters. The zero-order valence-electron chi connectivity index (χ0n) is 18.7. The van der Waals surface area contributed by atoms with Crippen LogP contribution in [0, 0.1) is 0 Å². The fourth-order valence-electron chi connectivity index (χ4n) is 3.44. The lowest BCUT2D eigenvalue weighted by atomic mass is 10.1. The molecule has 0 fully saturated rings. The first kappa shape index (κ1) is 23.7. The van der Waals surface area contributed by atoms with Crippen LogP contribution in [0.5, 0.6) is 0 Å². The van der Waals surface area contributed by atoms with Crippen molar-refractivity contribution in [2.45, 2.75) is 71.9 Å². The molecule has 0 aliphatic rings. The quantitative estimate of drug-likeness (QED) is 0.432. The first-order chi connectivity index (χ1) is 14.5. The number of carbonyl (C=O) groups is 2. The molecule has 0 bridgehead atoms. The zero-order valence-corrected chi connectivity index (χ0v) is 18.7. The topological polar surface area (TPSA) is 53.8 Å². The van der Waals surface area contributed by atoms with Crippen molar-refractivity contribution in [3.63, 3.8) is 0 Å². The van der Waals surface area contributed by atoms with Gasteiger partial charge < -0.3 is 14.2 Å². The van der Waals surface area contributed by atoms with E-state index in [9.17, 15) is 9.59 Å². The third-order valence-corrected chi connectivity index (χ3v) is 5.29. The van der Waals surface area contributed by atoms with Crippen LogP contribution in [-0.4, -0.2) is 40.7 Å². The third-order valence-electron chi connectivity index (χ3n) is 5.29. The molecule has 0 aliphatic heterocycles. The molecule has 2 aromatic rings. The minimum absolute atomic E-state index is 0.00721. The molecule has 1 heterocycles. The van der Waals surface area contributed by atoms with Crippen LogP contribution in [0.15, 0.2) is 53.1 Å². The Balaban J connectivity index is 2.01. The van der Waals surface area contributed by atoms with E-state index in [1.54, 1.807) is 16.1 Å². The van der Waals surface area contributed by atoms with Gasteiger partial charge in [0.1, 0.15) is 5.76 Å². The molecule has 1 aromatic heterocycles. The Labute approximate surface area is 181 Å². The molecule has 2 rings (SSSR count). The van der Waals surface area contributed by atoms with Crippen LogP contribution in [0.4, 0.5) is 0 Å².